The zero-order chi connectivity index (χ0) is 33.0. The molecule has 0 saturated heterocycles. The Morgan fingerprint density at radius 1 is 0.367 bits per heavy atom. The van der Waals surface area contributed by atoms with Crippen molar-refractivity contribution in [3.63, 3.8) is 0 Å². The van der Waals surface area contributed by atoms with Gasteiger partial charge in [0.25, 0.3) is 0 Å². The summed E-state index contributed by atoms with van der Waals surface area (Å²) in [4.78, 5) is 15.3. The van der Waals surface area contributed by atoms with Gasteiger partial charge in [-0.3, -0.25) is 0 Å². The highest BCUT2D eigenvalue weighted by Gasteiger charge is 2.48. The van der Waals surface area contributed by atoms with Gasteiger partial charge in [-0.2, -0.15) is 0 Å². The fourth-order valence-electron chi connectivity index (χ4n) is 7.50. The highest BCUT2D eigenvalue weighted by molar-refractivity contribution is 7.22. The lowest BCUT2D eigenvalue weighted by molar-refractivity contribution is 1.07. The van der Waals surface area contributed by atoms with Crippen molar-refractivity contribution in [2.45, 2.75) is 13.8 Å². The second-order valence-electron chi connectivity index (χ2n) is 13.0. The zero-order valence-electron chi connectivity index (χ0n) is 27.4. The van der Waals surface area contributed by atoms with Gasteiger partial charge in [-0.15, -0.1) is 0 Å². The molecule has 7 aromatic carbocycles. The van der Waals surface area contributed by atoms with E-state index in [2.05, 4.69) is 159 Å². The summed E-state index contributed by atoms with van der Waals surface area (Å²) in [6, 6.07) is 59.4. The Bertz CT molecular complexity index is 2460. The highest BCUT2D eigenvalue weighted by atomic mass is 28.3. The summed E-state index contributed by atoms with van der Waals surface area (Å²) in [7, 11) is -2.60. The van der Waals surface area contributed by atoms with Gasteiger partial charge in [-0.05, 0) is 68.6 Å². The highest BCUT2D eigenvalue weighted by Crippen LogP contribution is 2.33. The quantitative estimate of drug-likeness (QED) is 0.179. The molecule has 3 nitrogen and oxygen atoms in total. The lowest BCUT2D eigenvalue weighted by atomic mass is 10.0. The maximum absolute atomic E-state index is 5.15. The first kappa shape index (κ1) is 29.2. The van der Waals surface area contributed by atoms with Crippen molar-refractivity contribution in [2.75, 3.05) is 0 Å². The molecule has 0 unspecified atom stereocenters. The van der Waals surface area contributed by atoms with Crippen LogP contribution in [0.3, 0.4) is 0 Å². The Morgan fingerprint density at radius 2 is 0.878 bits per heavy atom. The molecule has 0 N–H and O–H groups in total. The average Bonchev–Trinajstić information content (AvgIpc) is 3.46. The number of aryl methyl sites for hydroxylation is 2. The van der Waals surface area contributed by atoms with Crippen LogP contribution in [0.5, 0.6) is 0 Å². The van der Waals surface area contributed by atoms with Gasteiger partial charge in [0.15, 0.2) is 25.5 Å². The van der Waals surface area contributed by atoms with E-state index in [-0.39, 0.29) is 0 Å². The minimum atomic E-state index is -2.60. The smallest absolute Gasteiger partial charge is 0.180 e. The monoisotopic (exact) mass is 643 g/mol. The van der Waals surface area contributed by atoms with Crippen LogP contribution in [0, 0.1) is 13.8 Å². The van der Waals surface area contributed by atoms with Crippen molar-refractivity contribution in [3.8, 4) is 45.3 Å². The normalized spacial score (nSPS) is 12.9. The van der Waals surface area contributed by atoms with Gasteiger partial charge in [0.2, 0.25) is 0 Å². The van der Waals surface area contributed by atoms with Crippen molar-refractivity contribution in [3.05, 3.63) is 175 Å². The number of rotatable bonds is 5. The van der Waals surface area contributed by atoms with Gasteiger partial charge in [-0.1, -0.05) is 163 Å². The molecule has 8 aromatic rings. The van der Waals surface area contributed by atoms with Crippen LogP contribution in [-0.2, 0) is 0 Å². The fourth-order valence-corrected chi connectivity index (χ4v) is 12.6. The molecule has 1 aromatic heterocycles. The van der Waals surface area contributed by atoms with E-state index < -0.39 is 8.07 Å². The molecule has 0 spiro atoms. The van der Waals surface area contributed by atoms with Gasteiger partial charge in [-0.25, -0.2) is 15.0 Å². The number of aromatic nitrogens is 3. The van der Waals surface area contributed by atoms with Crippen molar-refractivity contribution in [2.24, 2.45) is 0 Å². The number of benzene rings is 7. The summed E-state index contributed by atoms with van der Waals surface area (Å²) < 4.78 is 0. The van der Waals surface area contributed by atoms with E-state index >= 15 is 0 Å². The lowest BCUT2D eigenvalue weighted by Crippen LogP contribution is -2.72. The van der Waals surface area contributed by atoms with E-state index in [1.165, 1.54) is 48.4 Å². The summed E-state index contributed by atoms with van der Waals surface area (Å²) in [6.45, 7) is 4.33. The van der Waals surface area contributed by atoms with E-state index in [0.717, 1.165) is 22.1 Å². The van der Waals surface area contributed by atoms with Crippen LogP contribution in [0.4, 0.5) is 0 Å². The van der Waals surface area contributed by atoms with Crippen LogP contribution in [0.2, 0.25) is 0 Å². The van der Waals surface area contributed by atoms with Crippen LogP contribution in [0.25, 0.3) is 56.1 Å². The number of nitrogens with zero attached hydrogens (tertiary/aromatic N) is 3. The maximum Gasteiger partial charge on any atom is 0.180 e. The Kier molecular flexibility index (Phi) is 6.92. The number of hydrogen-bond donors (Lipinski definition) is 0. The first-order valence-electron chi connectivity index (χ1n) is 16.8. The Balaban J connectivity index is 1.27. The summed E-state index contributed by atoms with van der Waals surface area (Å²) in [6.07, 6.45) is 0. The molecule has 232 valence electrons. The topological polar surface area (TPSA) is 38.7 Å². The molecule has 2 heterocycles. The van der Waals surface area contributed by atoms with Crippen LogP contribution in [0.15, 0.2) is 164 Å². The van der Waals surface area contributed by atoms with E-state index in [1.54, 1.807) is 0 Å². The predicted octanol–water partition coefficient (Wildman–Crippen LogP) is 8.00. The first-order chi connectivity index (χ1) is 24.1. The molecule has 1 aliphatic rings. The molecule has 0 saturated carbocycles. The maximum atomic E-state index is 5.15. The van der Waals surface area contributed by atoms with Gasteiger partial charge in [0, 0.05) is 16.7 Å². The molecule has 4 heteroatoms. The van der Waals surface area contributed by atoms with Gasteiger partial charge < -0.3 is 0 Å². The predicted molar refractivity (Wildman–Crippen MR) is 206 cm³/mol. The molecule has 49 heavy (non-hydrogen) atoms. The second kappa shape index (κ2) is 11.6. The van der Waals surface area contributed by atoms with E-state index in [9.17, 15) is 0 Å². The third-order valence-corrected chi connectivity index (χ3v) is 14.8. The van der Waals surface area contributed by atoms with Crippen molar-refractivity contribution in [1.29, 1.82) is 0 Å². The molecule has 0 aliphatic carbocycles. The number of hydrogen-bond acceptors (Lipinski definition) is 3. The van der Waals surface area contributed by atoms with Crippen LogP contribution >= 0.6 is 0 Å². The zero-order valence-corrected chi connectivity index (χ0v) is 28.4. The lowest BCUT2D eigenvalue weighted by Gasteiger charge is -2.31. The summed E-state index contributed by atoms with van der Waals surface area (Å²) in [5.74, 6) is 2.00. The van der Waals surface area contributed by atoms with Crippen LogP contribution in [-0.4, -0.2) is 23.0 Å². The van der Waals surface area contributed by atoms with Gasteiger partial charge >= 0.3 is 0 Å². The Hall–Kier alpha value is -5.97. The SMILES string of the molecule is Cc1ccc([Si]2(c3ccc(C)cc3)c3ccccc3-c3cc(-c4nc(-c5ccccc5)nc(-c5ccc6ccccc6c5)n4)ccc32)cc1. The molecule has 0 bridgehead atoms. The minimum Gasteiger partial charge on any atom is -0.208 e. The molecule has 9 rings (SSSR count). The molecular formula is C45H33N3Si. The van der Waals surface area contributed by atoms with Gasteiger partial charge in [0.1, 0.15) is 0 Å². The molecule has 0 amide bonds. The number of fused-ring (bicyclic) bond motifs is 4. The van der Waals surface area contributed by atoms with Crippen molar-refractivity contribution in [1.82, 2.24) is 15.0 Å². The van der Waals surface area contributed by atoms with Crippen LogP contribution < -0.4 is 20.7 Å². The van der Waals surface area contributed by atoms with E-state index in [0.29, 0.717) is 17.5 Å². The third kappa shape index (κ3) is 4.83. The fraction of sp³-hybridized carbons (Fsp3) is 0.0444. The van der Waals surface area contributed by atoms with Crippen molar-refractivity contribution < 1.29 is 0 Å². The minimum absolute atomic E-state index is 0.665. The molecule has 0 fully saturated rings. The molecule has 0 radical (unpaired) electrons. The third-order valence-electron chi connectivity index (χ3n) is 9.95. The molecule has 0 atom stereocenters. The second-order valence-corrected chi connectivity index (χ2v) is 16.8. The standard InChI is InChI=1S/C45H33N3Si/c1-30-16-23-37(24-17-30)49(38-25-18-31(2)19-26-38)41-15-9-8-14-39(41)40-29-36(22-27-42(40)49)45-47-43(33-11-4-3-5-12-33)46-44(48-45)35-21-20-32-10-6-7-13-34(32)28-35/h3-29H,1-2H3. The summed E-state index contributed by atoms with van der Waals surface area (Å²) >= 11 is 0. The van der Waals surface area contributed by atoms with Crippen LogP contribution in [0.1, 0.15) is 11.1 Å². The summed E-state index contributed by atoms with van der Waals surface area (Å²) in [5.41, 5.74) is 8.00. The summed E-state index contributed by atoms with van der Waals surface area (Å²) in [5, 5.41) is 7.96. The Labute approximate surface area is 287 Å². The molecular weight excluding hydrogens is 611 g/mol. The average molecular weight is 644 g/mol. The van der Waals surface area contributed by atoms with Crippen molar-refractivity contribution >= 4 is 39.6 Å². The van der Waals surface area contributed by atoms with Gasteiger partial charge in [0.05, 0.1) is 0 Å². The van der Waals surface area contributed by atoms with E-state index in [4.69, 9.17) is 15.0 Å². The van der Waals surface area contributed by atoms with E-state index in [1.807, 2.05) is 18.2 Å². The largest absolute Gasteiger partial charge is 0.208 e. The molecule has 1 aliphatic heterocycles. The first-order valence-corrected chi connectivity index (χ1v) is 18.8. The Morgan fingerprint density at radius 3 is 1.55 bits per heavy atom.